The molecule has 2 aliphatic rings. The monoisotopic (exact) mass is 226 g/mol. The Morgan fingerprint density at radius 1 is 0.812 bits per heavy atom. The van der Waals surface area contributed by atoms with E-state index in [-0.39, 0.29) is 0 Å². The summed E-state index contributed by atoms with van der Waals surface area (Å²) in [5.41, 5.74) is 0.710. The van der Waals surface area contributed by atoms with E-state index < -0.39 is 0 Å². The third-order valence-corrected chi connectivity index (χ3v) is 4.33. The second kappa shape index (κ2) is 6.61. The minimum absolute atomic E-state index is 0.710. The first-order valence-corrected chi connectivity index (χ1v) is 7.23. The maximum atomic E-state index is 2.63. The average molecular weight is 226 g/mol. The van der Waals surface area contributed by atoms with Gasteiger partial charge in [0.2, 0.25) is 0 Å². The van der Waals surface area contributed by atoms with Gasteiger partial charge in [0.15, 0.2) is 0 Å². The first-order chi connectivity index (χ1) is 7.78. The van der Waals surface area contributed by atoms with Crippen LogP contribution in [0.4, 0.5) is 0 Å². The number of piperidine rings is 1. The second-order valence-corrected chi connectivity index (χ2v) is 5.05. The highest BCUT2D eigenvalue weighted by Crippen LogP contribution is 2.39. The van der Waals surface area contributed by atoms with Crippen LogP contribution in [0.15, 0.2) is 0 Å². The lowest BCUT2D eigenvalue weighted by molar-refractivity contribution is 0.112. The summed E-state index contributed by atoms with van der Waals surface area (Å²) < 4.78 is 0. The summed E-state index contributed by atoms with van der Waals surface area (Å²) in [6.07, 6.45) is 4.34. The van der Waals surface area contributed by atoms with Gasteiger partial charge in [0.05, 0.1) is 0 Å². The molecule has 0 atom stereocenters. The third kappa shape index (κ3) is 3.21. The Labute approximate surface area is 102 Å². The van der Waals surface area contributed by atoms with Crippen molar-refractivity contribution in [2.45, 2.75) is 47.0 Å². The smallest absolute Gasteiger partial charge is 0.00393 e. The Bertz CT molecular complexity index is 183. The molecule has 2 aliphatic heterocycles. The lowest BCUT2D eigenvalue weighted by atomic mass is 9.78. The van der Waals surface area contributed by atoms with E-state index in [1.165, 1.54) is 58.5 Å². The maximum absolute atomic E-state index is 2.63. The van der Waals surface area contributed by atoms with Crippen LogP contribution in [0.1, 0.15) is 47.0 Å². The van der Waals surface area contributed by atoms with Gasteiger partial charge in [-0.25, -0.2) is 0 Å². The molecule has 2 nitrogen and oxygen atoms in total. The fourth-order valence-corrected chi connectivity index (χ4v) is 3.05. The number of hydrogen-bond donors (Lipinski definition) is 0. The summed E-state index contributed by atoms with van der Waals surface area (Å²) in [4.78, 5) is 5.22. The lowest BCUT2D eigenvalue weighted by Crippen LogP contribution is -2.41. The van der Waals surface area contributed by atoms with E-state index in [0.717, 1.165) is 0 Å². The fraction of sp³-hybridized carbons (Fsp3) is 1.00. The quantitative estimate of drug-likeness (QED) is 0.714. The zero-order valence-corrected chi connectivity index (χ0v) is 11.8. The van der Waals surface area contributed by atoms with Crippen molar-refractivity contribution in [2.24, 2.45) is 5.41 Å². The van der Waals surface area contributed by atoms with Crippen LogP contribution in [0.3, 0.4) is 0 Å². The molecule has 2 fully saturated rings. The van der Waals surface area contributed by atoms with Gasteiger partial charge in [-0.1, -0.05) is 27.7 Å². The van der Waals surface area contributed by atoms with E-state index in [2.05, 4.69) is 23.6 Å². The summed E-state index contributed by atoms with van der Waals surface area (Å²) in [5, 5.41) is 0. The molecule has 0 amide bonds. The van der Waals surface area contributed by atoms with Gasteiger partial charge in [0.25, 0.3) is 0 Å². The number of likely N-dealkylation sites (tertiary alicyclic amines) is 2. The summed E-state index contributed by atoms with van der Waals surface area (Å²) in [6, 6.07) is 0. The molecule has 1 spiro atoms. The van der Waals surface area contributed by atoms with Crippen LogP contribution in [0, 0.1) is 5.41 Å². The minimum Gasteiger partial charge on any atom is -0.304 e. The van der Waals surface area contributed by atoms with Crippen LogP contribution in [0.25, 0.3) is 0 Å². The van der Waals surface area contributed by atoms with Crippen molar-refractivity contribution in [2.75, 3.05) is 39.3 Å². The number of rotatable bonds is 2. The van der Waals surface area contributed by atoms with Crippen molar-refractivity contribution in [3.8, 4) is 0 Å². The van der Waals surface area contributed by atoms with Crippen molar-refractivity contribution in [3.63, 3.8) is 0 Å². The highest BCUT2D eigenvalue weighted by atomic mass is 15.2. The third-order valence-electron chi connectivity index (χ3n) is 4.33. The summed E-state index contributed by atoms with van der Waals surface area (Å²) >= 11 is 0. The van der Waals surface area contributed by atoms with E-state index in [0.29, 0.717) is 5.41 Å². The van der Waals surface area contributed by atoms with E-state index in [9.17, 15) is 0 Å². The van der Waals surface area contributed by atoms with Gasteiger partial charge < -0.3 is 9.80 Å². The zero-order chi connectivity index (χ0) is 12.0. The fourth-order valence-electron chi connectivity index (χ4n) is 3.05. The molecule has 2 heterocycles. The van der Waals surface area contributed by atoms with Crippen LogP contribution in [0.5, 0.6) is 0 Å². The predicted octanol–water partition coefficient (Wildman–Crippen LogP) is 2.84. The van der Waals surface area contributed by atoms with Crippen molar-refractivity contribution in [1.82, 2.24) is 9.80 Å². The molecule has 0 aromatic rings. The zero-order valence-electron chi connectivity index (χ0n) is 11.8. The average Bonchev–Trinajstić information content (AvgIpc) is 2.76. The summed E-state index contributed by atoms with van der Waals surface area (Å²) in [7, 11) is 0. The van der Waals surface area contributed by atoms with Gasteiger partial charge >= 0.3 is 0 Å². The molecule has 0 N–H and O–H groups in total. The molecule has 2 saturated heterocycles. The largest absolute Gasteiger partial charge is 0.304 e. The van der Waals surface area contributed by atoms with E-state index in [1.807, 2.05) is 13.8 Å². The Morgan fingerprint density at radius 3 is 1.62 bits per heavy atom. The van der Waals surface area contributed by atoms with E-state index in [1.54, 1.807) is 0 Å². The molecule has 0 bridgehead atoms. The van der Waals surface area contributed by atoms with Gasteiger partial charge in [-0.3, -0.25) is 0 Å². The van der Waals surface area contributed by atoms with Gasteiger partial charge in [-0.2, -0.15) is 0 Å². The molecule has 2 heteroatoms. The topological polar surface area (TPSA) is 6.48 Å². The van der Waals surface area contributed by atoms with Crippen molar-refractivity contribution < 1.29 is 0 Å². The first kappa shape index (κ1) is 14.0. The Hall–Kier alpha value is -0.0800. The van der Waals surface area contributed by atoms with Crippen molar-refractivity contribution in [3.05, 3.63) is 0 Å². The Morgan fingerprint density at radius 2 is 1.25 bits per heavy atom. The van der Waals surface area contributed by atoms with Gasteiger partial charge in [0, 0.05) is 6.54 Å². The van der Waals surface area contributed by atoms with Crippen molar-refractivity contribution >= 4 is 0 Å². The molecule has 0 aromatic heterocycles. The molecule has 2 rings (SSSR count). The molecule has 16 heavy (non-hydrogen) atoms. The normalized spacial score (nSPS) is 25.5. The molecular formula is C14H30N2. The van der Waals surface area contributed by atoms with Crippen LogP contribution >= 0.6 is 0 Å². The lowest BCUT2D eigenvalue weighted by Gasteiger charge is -2.39. The van der Waals surface area contributed by atoms with Crippen LogP contribution in [-0.2, 0) is 0 Å². The highest BCUT2D eigenvalue weighted by Gasteiger charge is 2.39. The van der Waals surface area contributed by atoms with E-state index in [4.69, 9.17) is 0 Å². The molecule has 0 unspecified atom stereocenters. The molecule has 0 aromatic carbocycles. The SMILES string of the molecule is CC.CCN1CCC2(CC1)CCN(CC)C2. The molecule has 0 aliphatic carbocycles. The standard InChI is InChI=1S/C12H24N2.C2H6/c1-3-13-8-5-12(6-9-13)7-10-14(4-2)11-12;1-2/h3-11H2,1-2H3;1-2H3. The second-order valence-electron chi connectivity index (χ2n) is 5.05. The van der Waals surface area contributed by atoms with Gasteiger partial charge in [-0.15, -0.1) is 0 Å². The number of nitrogens with zero attached hydrogens (tertiary/aromatic N) is 2. The van der Waals surface area contributed by atoms with Crippen LogP contribution < -0.4 is 0 Å². The minimum atomic E-state index is 0.710. The first-order valence-electron chi connectivity index (χ1n) is 7.23. The van der Waals surface area contributed by atoms with Crippen LogP contribution in [-0.4, -0.2) is 49.1 Å². The number of hydrogen-bond acceptors (Lipinski definition) is 2. The predicted molar refractivity (Wildman–Crippen MR) is 71.9 cm³/mol. The van der Waals surface area contributed by atoms with Gasteiger partial charge in [-0.05, 0) is 57.4 Å². The van der Waals surface area contributed by atoms with Gasteiger partial charge in [0.1, 0.15) is 0 Å². The Kier molecular flexibility index (Phi) is 5.77. The molecular weight excluding hydrogens is 196 g/mol. The summed E-state index contributed by atoms with van der Waals surface area (Å²) in [5.74, 6) is 0. The summed E-state index contributed by atoms with van der Waals surface area (Å²) in [6.45, 7) is 16.5. The molecule has 0 radical (unpaired) electrons. The van der Waals surface area contributed by atoms with Crippen LogP contribution in [0.2, 0.25) is 0 Å². The highest BCUT2D eigenvalue weighted by molar-refractivity contribution is 4.93. The van der Waals surface area contributed by atoms with Crippen molar-refractivity contribution in [1.29, 1.82) is 0 Å². The Balaban J connectivity index is 0.000000606. The molecule has 0 saturated carbocycles. The molecule has 96 valence electrons. The maximum Gasteiger partial charge on any atom is 0.00393 e. The van der Waals surface area contributed by atoms with E-state index >= 15 is 0 Å².